The molecule has 2 heteroatoms. The smallest absolute Gasteiger partial charge is 0.251 e. The summed E-state index contributed by atoms with van der Waals surface area (Å²) in [6.45, 7) is 8.07. The molecule has 2 aromatic rings. The van der Waals surface area contributed by atoms with Gasteiger partial charge in [0.25, 0.3) is 5.91 Å². The number of benzene rings is 2. The summed E-state index contributed by atoms with van der Waals surface area (Å²) in [5.74, 6) is 0.0251. The van der Waals surface area contributed by atoms with Gasteiger partial charge >= 0.3 is 0 Å². The minimum Gasteiger partial charge on any atom is -0.350 e. The Hall–Kier alpha value is -2.09. The van der Waals surface area contributed by atoms with Gasteiger partial charge in [-0.3, -0.25) is 4.79 Å². The fraction of sp³-hybridized carbons (Fsp3) is 0.350. The van der Waals surface area contributed by atoms with Crippen molar-refractivity contribution in [1.29, 1.82) is 0 Å². The predicted octanol–water partition coefficient (Wildman–Crippen LogP) is 4.23. The zero-order valence-electron chi connectivity index (χ0n) is 13.9. The zero-order chi connectivity index (χ0) is 16.1. The molecule has 2 aromatic carbocycles. The van der Waals surface area contributed by atoms with Crippen LogP contribution in [-0.4, -0.2) is 11.9 Å². The molecule has 0 unspecified atom stereocenters. The maximum atomic E-state index is 12.3. The standard InChI is InChI=1S/C20H25NO/c1-14(2)21-20(22)19-13-15(3)12-18(16(19)4)11-10-17-8-6-5-7-9-17/h5-9,12-14H,10-11H2,1-4H3,(H,21,22). The van der Waals surface area contributed by atoms with Crippen LogP contribution in [0.5, 0.6) is 0 Å². The molecule has 0 saturated heterocycles. The van der Waals surface area contributed by atoms with Crippen LogP contribution in [0.3, 0.4) is 0 Å². The third-order valence-corrected chi connectivity index (χ3v) is 3.85. The molecule has 0 aliphatic heterocycles. The molecule has 1 amide bonds. The largest absolute Gasteiger partial charge is 0.350 e. The Bertz CT molecular complexity index is 644. The number of hydrogen-bond donors (Lipinski definition) is 1. The number of aryl methyl sites for hydroxylation is 3. The lowest BCUT2D eigenvalue weighted by Crippen LogP contribution is -2.30. The number of rotatable bonds is 5. The van der Waals surface area contributed by atoms with E-state index in [0.29, 0.717) is 0 Å². The molecule has 2 nitrogen and oxygen atoms in total. The van der Waals surface area contributed by atoms with Gasteiger partial charge in [-0.15, -0.1) is 0 Å². The summed E-state index contributed by atoms with van der Waals surface area (Å²) in [4.78, 5) is 12.3. The first-order valence-corrected chi connectivity index (χ1v) is 7.92. The summed E-state index contributed by atoms with van der Waals surface area (Å²) in [6, 6.07) is 14.8. The average molecular weight is 295 g/mol. The molecule has 2 rings (SSSR count). The fourth-order valence-electron chi connectivity index (χ4n) is 2.69. The van der Waals surface area contributed by atoms with E-state index >= 15 is 0 Å². The van der Waals surface area contributed by atoms with Crippen LogP contribution in [0.25, 0.3) is 0 Å². The molecule has 0 aliphatic rings. The Labute approximate surface area is 133 Å². The van der Waals surface area contributed by atoms with Crippen LogP contribution >= 0.6 is 0 Å². The van der Waals surface area contributed by atoms with E-state index in [1.54, 1.807) is 0 Å². The molecule has 0 saturated carbocycles. The van der Waals surface area contributed by atoms with E-state index in [4.69, 9.17) is 0 Å². The van der Waals surface area contributed by atoms with Gasteiger partial charge in [0.1, 0.15) is 0 Å². The molecule has 0 bridgehead atoms. The van der Waals surface area contributed by atoms with Crippen molar-refractivity contribution in [2.45, 2.75) is 46.6 Å². The van der Waals surface area contributed by atoms with E-state index in [1.807, 2.05) is 26.0 Å². The first kappa shape index (κ1) is 16.3. The first-order valence-electron chi connectivity index (χ1n) is 7.92. The summed E-state index contributed by atoms with van der Waals surface area (Å²) in [5.41, 5.74) is 5.63. The Kier molecular flexibility index (Phi) is 5.37. The molecular weight excluding hydrogens is 270 g/mol. The van der Waals surface area contributed by atoms with E-state index in [9.17, 15) is 4.79 Å². The van der Waals surface area contributed by atoms with Crippen molar-refractivity contribution in [2.75, 3.05) is 0 Å². The Morgan fingerprint density at radius 2 is 1.73 bits per heavy atom. The van der Waals surface area contributed by atoms with Crippen molar-refractivity contribution in [3.05, 3.63) is 70.3 Å². The van der Waals surface area contributed by atoms with E-state index in [0.717, 1.165) is 29.5 Å². The van der Waals surface area contributed by atoms with Gasteiger partial charge in [0, 0.05) is 11.6 Å². The number of hydrogen-bond acceptors (Lipinski definition) is 1. The molecule has 22 heavy (non-hydrogen) atoms. The van der Waals surface area contributed by atoms with Crippen LogP contribution < -0.4 is 5.32 Å². The molecule has 0 spiro atoms. The van der Waals surface area contributed by atoms with Gasteiger partial charge in [-0.2, -0.15) is 0 Å². The van der Waals surface area contributed by atoms with E-state index in [-0.39, 0.29) is 11.9 Å². The molecule has 1 N–H and O–H groups in total. The third kappa shape index (κ3) is 4.20. The van der Waals surface area contributed by atoms with Crippen molar-refractivity contribution in [2.24, 2.45) is 0 Å². The van der Waals surface area contributed by atoms with Gasteiger partial charge in [0.2, 0.25) is 0 Å². The number of amides is 1. The van der Waals surface area contributed by atoms with Crippen molar-refractivity contribution in [3.63, 3.8) is 0 Å². The third-order valence-electron chi connectivity index (χ3n) is 3.85. The summed E-state index contributed by atoms with van der Waals surface area (Å²) in [7, 11) is 0. The van der Waals surface area contributed by atoms with Crippen LogP contribution in [0.15, 0.2) is 42.5 Å². The van der Waals surface area contributed by atoms with Crippen LogP contribution in [0.4, 0.5) is 0 Å². The minimum atomic E-state index is 0.0251. The van der Waals surface area contributed by atoms with E-state index in [1.165, 1.54) is 11.1 Å². The fourth-order valence-corrected chi connectivity index (χ4v) is 2.69. The highest BCUT2D eigenvalue weighted by Crippen LogP contribution is 2.19. The van der Waals surface area contributed by atoms with Crippen LogP contribution in [0, 0.1) is 13.8 Å². The molecule has 0 fully saturated rings. The average Bonchev–Trinajstić information content (AvgIpc) is 2.48. The molecule has 0 radical (unpaired) electrons. The van der Waals surface area contributed by atoms with Gasteiger partial charge in [-0.25, -0.2) is 0 Å². The molecule has 0 atom stereocenters. The normalized spacial score (nSPS) is 10.8. The SMILES string of the molecule is Cc1cc(CCc2ccccc2)c(C)c(C(=O)NC(C)C)c1. The summed E-state index contributed by atoms with van der Waals surface area (Å²) in [6.07, 6.45) is 1.95. The predicted molar refractivity (Wildman–Crippen MR) is 92.4 cm³/mol. The lowest BCUT2D eigenvalue weighted by molar-refractivity contribution is 0.0942. The maximum Gasteiger partial charge on any atom is 0.251 e. The lowest BCUT2D eigenvalue weighted by atomic mass is 9.94. The number of carbonyl (C=O) groups excluding carboxylic acids is 1. The Balaban J connectivity index is 2.21. The molecular formula is C20H25NO. The minimum absolute atomic E-state index is 0.0251. The second-order valence-electron chi connectivity index (χ2n) is 6.21. The highest BCUT2D eigenvalue weighted by molar-refractivity contribution is 5.96. The zero-order valence-corrected chi connectivity index (χ0v) is 13.9. The van der Waals surface area contributed by atoms with Gasteiger partial charge in [0.05, 0.1) is 0 Å². The topological polar surface area (TPSA) is 29.1 Å². The van der Waals surface area contributed by atoms with Crippen LogP contribution in [0.2, 0.25) is 0 Å². The second-order valence-corrected chi connectivity index (χ2v) is 6.21. The van der Waals surface area contributed by atoms with Crippen LogP contribution in [-0.2, 0) is 12.8 Å². The lowest BCUT2D eigenvalue weighted by Gasteiger charge is -2.15. The second kappa shape index (κ2) is 7.26. The Morgan fingerprint density at radius 3 is 2.36 bits per heavy atom. The Morgan fingerprint density at radius 1 is 1.05 bits per heavy atom. The van der Waals surface area contributed by atoms with Crippen LogP contribution in [0.1, 0.15) is 46.5 Å². The molecule has 0 heterocycles. The van der Waals surface area contributed by atoms with Crippen molar-refractivity contribution in [1.82, 2.24) is 5.32 Å². The quantitative estimate of drug-likeness (QED) is 0.879. The number of nitrogens with one attached hydrogen (secondary N) is 1. The van der Waals surface area contributed by atoms with Gasteiger partial charge < -0.3 is 5.32 Å². The summed E-state index contributed by atoms with van der Waals surface area (Å²) < 4.78 is 0. The maximum absolute atomic E-state index is 12.3. The van der Waals surface area contributed by atoms with Crippen molar-refractivity contribution < 1.29 is 4.79 Å². The summed E-state index contributed by atoms with van der Waals surface area (Å²) >= 11 is 0. The summed E-state index contributed by atoms with van der Waals surface area (Å²) in [5, 5.41) is 2.99. The van der Waals surface area contributed by atoms with Gasteiger partial charge in [-0.1, -0.05) is 42.0 Å². The van der Waals surface area contributed by atoms with E-state index < -0.39 is 0 Å². The van der Waals surface area contributed by atoms with Gasteiger partial charge in [-0.05, 0) is 63.3 Å². The first-order chi connectivity index (χ1) is 10.5. The van der Waals surface area contributed by atoms with Crippen molar-refractivity contribution in [3.8, 4) is 0 Å². The van der Waals surface area contributed by atoms with Crippen molar-refractivity contribution >= 4 is 5.91 Å². The number of carbonyl (C=O) groups is 1. The van der Waals surface area contributed by atoms with E-state index in [2.05, 4.69) is 49.5 Å². The molecule has 116 valence electrons. The molecule has 0 aliphatic carbocycles. The highest BCUT2D eigenvalue weighted by Gasteiger charge is 2.13. The highest BCUT2D eigenvalue weighted by atomic mass is 16.1. The van der Waals surface area contributed by atoms with Gasteiger partial charge in [0.15, 0.2) is 0 Å². The monoisotopic (exact) mass is 295 g/mol. The molecule has 0 aromatic heterocycles.